The number of nitrogens with zero attached hydrogens (tertiary/aromatic N) is 9. The Morgan fingerprint density at radius 2 is 0.304 bits per heavy atom. The molecular weight excluding hydrogens is 1240 g/mol. The third-order valence-electron chi connectivity index (χ3n) is 21.2. The molecule has 0 saturated heterocycles. The van der Waals surface area contributed by atoms with Gasteiger partial charge >= 0.3 is 0 Å². The van der Waals surface area contributed by atoms with Crippen molar-refractivity contribution in [3.63, 3.8) is 0 Å². The number of aromatic nitrogens is 9. The van der Waals surface area contributed by atoms with E-state index in [0.29, 0.717) is 17.5 Å². The number of hydrogen-bond acceptors (Lipinski definition) is 3. The van der Waals surface area contributed by atoms with E-state index in [-0.39, 0.29) is 0 Å². The van der Waals surface area contributed by atoms with Crippen molar-refractivity contribution >= 4 is 131 Å². The van der Waals surface area contributed by atoms with Gasteiger partial charge in [0.2, 0.25) is 0 Å². The van der Waals surface area contributed by atoms with E-state index in [1.807, 2.05) is 0 Å². The van der Waals surface area contributed by atoms with Crippen LogP contribution >= 0.6 is 0 Å². The largest absolute Gasteiger partial charge is 0.307 e. The Balaban J connectivity index is 0.728. The summed E-state index contributed by atoms with van der Waals surface area (Å²) in [5.41, 5.74) is 22.8. The average Bonchev–Trinajstić information content (AvgIpc) is 1.56. The molecule has 9 nitrogen and oxygen atoms in total. The Bertz CT molecular complexity index is 6490. The number of hydrogen-bond donors (Lipinski definition) is 0. The van der Waals surface area contributed by atoms with Gasteiger partial charge in [0.1, 0.15) is 0 Å². The van der Waals surface area contributed by atoms with E-state index in [1.165, 1.54) is 64.6 Å². The molecule has 0 spiro atoms. The number of benzene rings is 15. The van der Waals surface area contributed by atoms with Gasteiger partial charge in [0, 0.05) is 115 Å². The highest BCUT2D eigenvalue weighted by atomic mass is 15.1. The van der Waals surface area contributed by atoms with Gasteiger partial charge in [-0.25, -0.2) is 15.0 Å². The van der Waals surface area contributed by atoms with Crippen molar-refractivity contribution in [1.82, 2.24) is 42.4 Å². The van der Waals surface area contributed by atoms with Crippen LogP contribution in [0.1, 0.15) is 0 Å². The van der Waals surface area contributed by atoms with E-state index >= 15 is 0 Å². The minimum atomic E-state index is 0.570. The first-order valence-corrected chi connectivity index (χ1v) is 34.8. The summed E-state index contributed by atoms with van der Waals surface area (Å²) in [6, 6.07) is 125. The summed E-state index contributed by atoms with van der Waals surface area (Å²) >= 11 is 0. The molecule has 474 valence electrons. The summed E-state index contributed by atoms with van der Waals surface area (Å²) in [7, 11) is 0. The Morgan fingerprint density at radius 1 is 0.137 bits per heavy atom. The fourth-order valence-electron chi connectivity index (χ4n) is 16.9. The first-order valence-electron chi connectivity index (χ1n) is 34.8. The third-order valence-corrected chi connectivity index (χ3v) is 21.2. The lowest BCUT2D eigenvalue weighted by atomic mass is 10.1. The van der Waals surface area contributed by atoms with Crippen LogP contribution in [0.5, 0.6) is 0 Å². The molecule has 102 heavy (non-hydrogen) atoms. The fourth-order valence-corrected chi connectivity index (χ4v) is 16.9. The van der Waals surface area contributed by atoms with Crippen LogP contribution in [0.15, 0.2) is 346 Å². The molecular formula is C93H57N9. The second-order valence-electron chi connectivity index (χ2n) is 26.6. The average molecular weight is 1300 g/mol. The minimum absolute atomic E-state index is 0.570. The quantitative estimate of drug-likeness (QED) is 0.145. The van der Waals surface area contributed by atoms with Crippen LogP contribution in [-0.2, 0) is 0 Å². The van der Waals surface area contributed by atoms with Crippen molar-refractivity contribution in [2.75, 3.05) is 0 Å². The minimum Gasteiger partial charge on any atom is -0.307 e. The van der Waals surface area contributed by atoms with Crippen molar-refractivity contribution in [3.8, 4) is 68.3 Å². The normalized spacial score (nSPS) is 12.1. The molecule has 15 aromatic carbocycles. The van der Waals surface area contributed by atoms with Crippen molar-refractivity contribution in [1.29, 1.82) is 0 Å². The highest BCUT2D eigenvalue weighted by Gasteiger charge is 2.26. The number of fused-ring (bicyclic) bond motifs is 21. The van der Waals surface area contributed by atoms with Gasteiger partial charge < -0.3 is 27.4 Å². The zero-order valence-corrected chi connectivity index (χ0v) is 54.9. The second-order valence-corrected chi connectivity index (χ2v) is 26.6. The maximum absolute atomic E-state index is 5.46. The maximum atomic E-state index is 5.46. The van der Waals surface area contributed by atoms with Gasteiger partial charge in [-0.05, 0) is 146 Å². The molecule has 0 aliphatic rings. The van der Waals surface area contributed by atoms with Gasteiger partial charge in [-0.15, -0.1) is 0 Å². The first kappa shape index (κ1) is 56.2. The van der Waals surface area contributed by atoms with Crippen LogP contribution in [0.4, 0.5) is 0 Å². The van der Waals surface area contributed by atoms with Crippen LogP contribution < -0.4 is 0 Å². The van der Waals surface area contributed by atoms with E-state index in [2.05, 4.69) is 373 Å². The summed E-state index contributed by atoms with van der Waals surface area (Å²) in [6.45, 7) is 0. The van der Waals surface area contributed by atoms with Gasteiger partial charge in [-0.2, -0.15) is 0 Å². The molecule has 0 aliphatic heterocycles. The molecule has 22 rings (SSSR count). The molecule has 7 aromatic heterocycles. The highest BCUT2D eigenvalue weighted by molar-refractivity contribution is 6.27. The lowest BCUT2D eigenvalue weighted by Crippen LogP contribution is -2.02. The SMILES string of the molecule is c1ccc(-n2c3ccccc3c3ccc4c5ccccc5n(-c5ccc(-c6nc(-c7ccc(-n8c9ccccc9c9ccc%10c%11ccccc%11n(-c%11ccccc%11)c%10c98)cc7)nc(-c7ccc(-n8c9ccccc9c9ccc%10c%11ccccc%11n(-c%11ccccc%11)c%10c98)cc7)n6)cc5)c4c32)cc1. The monoisotopic (exact) mass is 1300 g/mol. The van der Waals surface area contributed by atoms with Gasteiger partial charge in [-0.3, -0.25) is 0 Å². The molecule has 0 fully saturated rings. The Labute approximate surface area is 583 Å². The Kier molecular flexibility index (Phi) is 12.0. The van der Waals surface area contributed by atoms with Gasteiger partial charge in [0.15, 0.2) is 17.5 Å². The summed E-state index contributed by atoms with van der Waals surface area (Å²) in [5, 5.41) is 14.4. The number of rotatable bonds is 9. The summed E-state index contributed by atoms with van der Waals surface area (Å²) in [6.07, 6.45) is 0. The van der Waals surface area contributed by atoms with Gasteiger partial charge in [-0.1, -0.05) is 200 Å². The summed E-state index contributed by atoms with van der Waals surface area (Å²) in [5.74, 6) is 1.71. The highest BCUT2D eigenvalue weighted by Crippen LogP contribution is 2.46. The zero-order valence-electron chi connectivity index (χ0n) is 54.9. The van der Waals surface area contributed by atoms with Crippen LogP contribution in [0.2, 0.25) is 0 Å². The maximum Gasteiger partial charge on any atom is 0.164 e. The molecule has 9 heteroatoms. The van der Waals surface area contributed by atoms with Crippen LogP contribution in [0, 0.1) is 0 Å². The van der Waals surface area contributed by atoms with Crippen molar-refractivity contribution in [2.45, 2.75) is 0 Å². The van der Waals surface area contributed by atoms with E-state index in [9.17, 15) is 0 Å². The van der Waals surface area contributed by atoms with Crippen molar-refractivity contribution in [3.05, 3.63) is 346 Å². The topological polar surface area (TPSA) is 68.2 Å². The smallest absolute Gasteiger partial charge is 0.164 e. The van der Waals surface area contributed by atoms with E-state index in [1.54, 1.807) is 0 Å². The summed E-state index contributed by atoms with van der Waals surface area (Å²) in [4.78, 5) is 16.4. The predicted octanol–water partition coefficient (Wildman–Crippen LogP) is 23.5. The third kappa shape index (κ3) is 8.12. The van der Waals surface area contributed by atoms with Crippen molar-refractivity contribution < 1.29 is 0 Å². The molecule has 0 N–H and O–H groups in total. The molecule has 0 radical (unpaired) electrons. The first-order chi connectivity index (χ1) is 50.6. The Hall–Kier alpha value is -13.9. The molecule has 0 amide bonds. The molecule has 0 aliphatic carbocycles. The van der Waals surface area contributed by atoms with E-state index in [0.717, 1.165) is 117 Å². The molecule has 0 saturated carbocycles. The predicted molar refractivity (Wildman–Crippen MR) is 422 cm³/mol. The molecule has 0 atom stereocenters. The lowest BCUT2D eigenvalue weighted by Gasteiger charge is -2.14. The van der Waals surface area contributed by atoms with Gasteiger partial charge in [0.25, 0.3) is 0 Å². The van der Waals surface area contributed by atoms with E-state index in [4.69, 9.17) is 15.0 Å². The van der Waals surface area contributed by atoms with Gasteiger partial charge in [0.05, 0.1) is 66.2 Å². The molecule has 22 aromatic rings. The van der Waals surface area contributed by atoms with E-state index < -0.39 is 0 Å². The van der Waals surface area contributed by atoms with Crippen LogP contribution in [0.3, 0.4) is 0 Å². The standard InChI is InChI=1S/C93H57N9/c1-4-22-61(23-5-1)97-79-34-16-10-28-67(79)73-52-55-76-70-31-13-19-37-82(70)100(88(76)85(73)97)64-46-40-58(41-47-64)91-94-92(59-42-48-65(49-43-59)101-83-38-20-14-32-71(83)77-56-53-74-68-29-11-17-35-80(68)98(86(74)89(77)101)62-24-6-2-7-25-62)96-93(95-91)60-44-50-66(51-45-60)102-84-39-21-15-33-72(84)78-57-54-75-69-30-12-18-36-81(69)99(87(75)90(78)102)63-26-8-3-9-27-63/h1-57H. The summed E-state index contributed by atoms with van der Waals surface area (Å²) < 4.78 is 14.6. The molecule has 0 unspecified atom stereocenters. The Morgan fingerprint density at radius 3 is 0.500 bits per heavy atom. The van der Waals surface area contributed by atoms with Crippen LogP contribution in [-0.4, -0.2) is 42.4 Å². The molecule has 0 bridgehead atoms. The zero-order chi connectivity index (χ0) is 66.7. The fraction of sp³-hybridized carbons (Fsp3) is 0. The number of para-hydroxylation sites is 9. The lowest BCUT2D eigenvalue weighted by molar-refractivity contribution is 1.07. The molecule has 7 heterocycles. The van der Waals surface area contributed by atoms with Crippen LogP contribution in [0.25, 0.3) is 199 Å². The van der Waals surface area contributed by atoms with Crippen molar-refractivity contribution in [2.24, 2.45) is 0 Å². The second kappa shape index (κ2) is 21.8.